The van der Waals surface area contributed by atoms with E-state index in [0.717, 1.165) is 30.3 Å². The fourth-order valence-electron chi connectivity index (χ4n) is 1.93. The second-order valence-electron chi connectivity index (χ2n) is 6.37. The van der Waals surface area contributed by atoms with Crippen LogP contribution in [0, 0.1) is 0 Å². The second kappa shape index (κ2) is 7.66. The summed E-state index contributed by atoms with van der Waals surface area (Å²) in [5.74, 6) is 0. The molecule has 0 amide bonds. The van der Waals surface area contributed by atoms with Gasteiger partial charge < -0.3 is 33.7 Å². The van der Waals surface area contributed by atoms with E-state index in [-0.39, 0.29) is 6.42 Å². The van der Waals surface area contributed by atoms with Gasteiger partial charge in [-0.3, -0.25) is 4.57 Å². The van der Waals surface area contributed by atoms with Crippen molar-refractivity contribution in [3.05, 3.63) is 0 Å². The van der Waals surface area contributed by atoms with Crippen LogP contribution in [0.15, 0.2) is 0 Å². The molecule has 0 saturated heterocycles. The zero-order valence-corrected chi connectivity index (χ0v) is 14.6. The van der Waals surface area contributed by atoms with E-state index < -0.39 is 26.7 Å². The van der Waals surface area contributed by atoms with Gasteiger partial charge in [0.15, 0.2) is 7.60 Å². The Bertz CT molecular complexity index is 387. The molecule has 0 spiro atoms. The van der Waals surface area contributed by atoms with Crippen LogP contribution in [0.2, 0.25) is 0 Å². The van der Waals surface area contributed by atoms with Crippen LogP contribution >= 0.6 is 15.2 Å². The predicted molar refractivity (Wildman–Crippen MR) is 77.4 cm³/mol. The second-order valence-corrected chi connectivity index (χ2v) is 10.3. The summed E-state index contributed by atoms with van der Waals surface area (Å²) >= 11 is 0. The molecule has 0 aliphatic heterocycles. The molecule has 0 saturated carbocycles. The number of aliphatic hydroxyl groups is 1. The Balaban J connectivity index is 4.20. The summed E-state index contributed by atoms with van der Waals surface area (Å²) in [4.78, 5) is 37.7. The van der Waals surface area contributed by atoms with Gasteiger partial charge in [0, 0.05) is 0 Å². The molecule has 0 radical (unpaired) electrons. The number of hydrogen-bond donors (Lipinski definition) is 4. The average Bonchev–Trinajstić information content (AvgIpc) is 2.22. The fourth-order valence-corrected chi connectivity index (χ4v) is 4.14. The summed E-state index contributed by atoms with van der Waals surface area (Å²) in [6.07, 6.45) is 2.64. The first kappa shape index (κ1) is 21.2. The highest BCUT2D eigenvalue weighted by Gasteiger charge is 2.52. The first-order valence-electron chi connectivity index (χ1n) is 6.83. The van der Waals surface area contributed by atoms with Crippen LogP contribution in [0.1, 0.15) is 38.5 Å². The minimum absolute atomic E-state index is 0.110. The Morgan fingerprint density at radius 1 is 0.952 bits per heavy atom. The van der Waals surface area contributed by atoms with E-state index >= 15 is 0 Å². The van der Waals surface area contributed by atoms with E-state index in [1.54, 1.807) is 0 Å². The zero-order chi connectivity index (χ0) is 16.9. The van der Waals surface area contributed by atoms with E-state index in [1.807, 2.05) is 0 Å². The molecular formula is C11H27NO7P2. The van der Waals surface area contributed by atoms with Gasteiger partial charge >= 0.3 is 7.60 Å². The first-order valence-corrected chi connectivity index (χ1v) is 10.0. The first-order chi connectivity index (χ1) is 9.21. The maximum Gasteiger partial charge on any atom is 0.365 e. The molecule has 0 aromatic carbocycles. The number of nitrogens with zero attached hydrogens (tertiary/aromatic N) is 1. The summed E-state index contributed by atoms with van der Waals surface area (Å²) in [7, 11) is -4.69. The minimum atomic E-state index is -5.55. The van der Waals surface area contributed by atoms with Crippen molar-refractivity contribution < 1.29 is 38.3 Å². The molecule has 4 N–H and O–H groups in total. The van der Waals surface area contributed by atoms with Crippen LogP contribution in [0.5, 0.6) is 0 Å². The molecule has 0 fully saturated rings. The molecule has 2 unspecified atom stereocenters. The standard InChI is InChI=1S/C11H27NO7P2/c1-12(2,3)10-8-6-4-5-7-9-11(13,20(14,15)16)21(17,18)19/h13H,4-10H2,1-3H3,(H3-,14,15,16,17,18,19). The van der Waals surface area contributed by atoms with Crippen molar-refractivity contribution in [3.63, 3.8) is 0 Å². The number of hydrogen-bond acceptors (Lipinski definition) is 4. The highest BCUT2D eigenvalue weighted by atomic mass is 31.2. The summed E-state index contributed by atoms with van der Waals surface area (Å²) in [5, 5.41) is 6.23. The summed E-state index contributed by atoms with van der Waals surface area (Å²) in [6, 6.07) is 0. The Morgan fingerprint density at radius 3 is 1.76 bits per heavy atom. The van der Waals surface area contributed by atoms with Crippen molar-refractivity contribution >= 4 is 15.2 Å². The third-order valence-corrected chi connectivity index (χ3v) is 7.09. The molecular weight excluding hydrogens is 320 g/mol. The zero-order valence-electron chi connectivity index (χ0n) is 12.8. The van der Waals surface area contributed by atoms with E-state index in [4.69, 9.17) is 14.7 Å². The van der Waals surface area contributed by atoms with Crippen LogP contribution in [0.25, 0.3) is 0 Å². The Morgan fingerprint density at radius 2 is 1.38 bits per heavy atom. The van der Waals surface area contributed by atoms with Gasteiger partial charge in [0.1, 0.15) is 0 Å². The number of unbranched alkanes of at least 4 members (excludes halogenated alkanes) is 4. The van der Waals surface area contributed by atoms with Crippen LogP contribution in [-0.2, 0) is 9.13 Å². The highest BCUT2D eigenvalue weighted by Crippen LogP contribution is 2.67. The molecule has 0 aromatic heterocycles. The lowest BCUT2D eigenvalue weighted by Gasteiger charge is -2.36. The highest BCUT2D eigenvalue weighted by molar-refractivity contribution is 7.71. The van der Waals surface area contributed by atoms with Crippen molar-refractivity contribution in [2.45, 2.75) is 43.6 Å². The summed E-state index contributed by atoms with van der Waals surface area (Å²) < 4.78 is 23.0. The lowest BCUT2D eigenvalue weighted by Crippen LogP contribution is -2.35. The lowest BCUT2D eigenvalue weighted by molar-refractivity contribution is -0.870. The van der Waals surface area contributed by atoms with Crippen molar-refractivity contribution in [2.24, 2.45) is 0 Å². The van der Waals surface area contributed by atoms with Gasteiger partial charge in [-0.2, -0.15) is 0 Å². The molecule has 8 nitrogen and oxygen atoms in total. The molecule has 0 aliphatic rings. The number of quaternary nitrogens is 1. The summed E-state index contributed by atoms with van der Waals surface area (Å²) in [5.41, 5.74) is 0. The molecule has 0 aromatic rings. The van der Waals surface area contributed by atoms with Gasteiger partial charge in [0.2, 0.25) is 5.08 Å². The van der Waals surface area contributed by atoms with Gasteiger partial charge in [-0.25, -0.2) is 0 Å². The normalized spacial score (nSPS) is 19.0. The Hall–Kier alpha value is 0.220. The molecule has 0 bridgehead atoms. The predicted octanol–water partition coefficient (Wildman–Crippen LogP) is 0.403. The fraction of sp³-hybridized carbons (Fsp3) is 1.00. The maximum absolute atomic E-state index is 11.1. The molecule has 10 heteroatoms. The van der Waals surface area contributed by atoms with Crippen molar-refractivity contribution in [1.29, 1.82) is 0 Å². The van der Waals surface area contributed by atoms with Gasteiger partial charge in [-0.1, -0.05) is 12.8 Å². The third kappa shape index (κ3) is 7.35. The van der Waals surface area contributed by atoms with Gasteiger partial charge in [0.25, 0.3) is 0 Å². The monoisotopic (exact) mass is 347 g/mol. The molecule has 0 aliphatic carbocycles. The molecule has 0 heterocycles. The maximum atomic E-state index is 11.1. The van der Waals surface area contributed by atoms with Gasteiger partial charge in [-0.15, -0.1) is 0 Å². The topological polar surface area (TPSA) is 138 Å². The Kier molecular flexibility index (Phi) is 7.74. The smallest absolute Gasteiger partial charge is 0.365 e. The Labute approximate surface area is 125 Å². The summed E-state index contributed by atoms with van der Waals surface area (Å²) in [6.45, 7) is 0.999. The lowest BCUT2D eigenvalue weighted by atomic mass is 10.1. The third-order valence-electron chi connectivity index (χ3n) is 3.26. The van der Waals surface area contributed by atoms with E-state index in [9.17, 15) is 19.1 Å². The largest absolute Gasteiger partial charge is 0.776 e. The minimum Gasteiger partial charge on any atom is -0.776 e. The van der Waals surface area contributed by atoms with Crippen molar-refractivity contribution in [2.75, 3.05) is 27.7 Å². The SMILES string of the molecule is C[N+](C)(C)CCCCCCCC(O)(P(=O)([O-])O)P(=O)(O)O. The molecule has 2 atom stereocenters. The van der Waals surface area contributed by atoms with E-state index in [0.29, 0.717) is 6.42 Å². The van der Waals surface area contributed by atoms with E-state index in [1.165, 1.54) is 0 Å². The van der Waals surface area contributed by atoms with Crippen LogP contribution in [0.4, 0.5) is 0 Å². The van der Waals surface area contributed by atoms with Crippen molar-refractivity contribution in [1.82, 2.24) is 0 Å². The van der Waals surface area contributed by atoms with Crippen molar-refractivity contribution in [3.8, 4) is 0 Å². The van der Waals surface area contributed by atoms with E-state index in [2.05, 4.69) is 21.1 Å². The molecule has 128 valence electrons. The number of rotatable bonds is 10. The van der Waals surface area contributed by atoms with Crippen LogP contribution in [0.3, 0.4) is 0 Å². The average molecular weight is 347 g/mol. The van der Waals surface area contributed by atoms with Gasteiger partial charge in [0.05, 0.1) is 27.7 Å². The molecule has 0 rings (SSSR count). The quantitative estimate of drug-likeness (QED) is 0.255. The van der Waals surface area contributed by atoms with Crippen LogP contribution in [-0.4, -0.2) is 57.0 Å². The van der Waals surface area contributed by atoms with Gasteiger partial charge in [-0.05, 0) is 25.7 Å². The van der Waals surface area contributed by atoms with Crippen LogP contribution < -0.4 is 4.89 Å². The molecule has 21 heavy (non-hydrogen) atoms.